The van der Waals surface area contributed by atoms with Crippen molar-refractivity contribution in [2.45, 2.75) is 39.9 Å². The number of benzene rings is 1. The molecule has 0 saturated heterocycles. The maximum absolute atomic E-state index is 4.21. The summed E-state index contributed by atoms with van der Waals surface area (Å²) in [4.78, 5) is 0. The average Bonchev–Trinajstić information content (AvgIpc) is 3.20. The third-order valence-corrected chi connectivity index (χ3v) is 3.78. The van der Waals surface area contributed by atoms with E-state index < -0.39 is 0 Å². The molecule has 0 radical (unpaired) electrons. The van der Waals surface area contributed by atoms with E-state index in [1.54, 1.807) is 4.68 Å². The fraction of sp³-hybridized carbons (Fsp3) is 0.400. The summed E-state index contributed by atoms with van der Waals surface area (Å²) in [6.07, 6.45) is 0. The van der Waals surface area contributed by atoms with Crippen LogP contribution in [-0.4, -0.2) is 35.0 Å². The average molecular weight is 312 g/mol. The van der Waals surface area contributed by atoms with Crippen molar-refractivity contribution in [3.8, 4) is 5.69 Å². The number of hydrogen-bond donors (Lipinski definition) is 1. The molecule has 1 atom stereocenters. The molecule has 3 rings (SSSR count). The normalized spacial score (nSPS) is 12.5. The minimum atomic E-state index is -0.0208. The summed E-state index contributed by atoms with van der Waals surface area (Å²) in [6.45, 7) is 7.53. The van der Waals surface area contributed by atoms with E-state index >= 15 is 0 Å². The van der Waals surface area contributed by atoms with Crippen LogP contribution in [0, 0.1) is 6.92 Å². The van der Waals surface area contributed by atoms with Gasteiger partial charge >= 0.3 is 0 Å². The standard InChI is InChI=1S/C15H20N8/c1-4-22-12(3)17-18-14(22)10-16-11(2)15-19-20-21-23(15)13-8-6-5-7-9-13/h5-9,11,16H,4,10H2,1-3H3/t11-/m1/s1. The molecule has 0 aliphatic rings. The second-order valence-electron chi connectivity index (χ2n) is 5.29. The van der Waals surface area contributed by atoms with Gasteiger partial charge in [-0.2, -0.15) is 4.68 Å². The van der Waals surface area contributed by atoms with E-state index in [1.807, 2.05) is 44.2 Å². The van der Waals surface area contributed by atoms with Gasteiger partial charge < -0.3 is 9.88 Å². The van der Waals surface area contributed by atoms with Crippen LogP contribution in [0.3, 0.4) is 0 Å². The molecule has 2 heterocycles. The van der Waals surface area contributed by atoms with Gasteiger partial charge in [-0.3, -0.25) is 0 Å². The molecule has 0 bridgehead atoms. The Hall–Kier alpha value is -2.61. The van der Waals surface area contributed by atoms with E-state index in [2.05, 4.69) is 42.5 Å². The second kappa shape index (κ2) is 6.66. The molecule has 0 spiro atoms. The van der Waals surface area contributed by atoms with Crippen molar-refractivity contribution in [1.82, 2.24) is 40.3 Å². The number of para-hydroxylation sites is 1. The number of hydrogen-bond acceptors (Lipinski definition) is 6. The van der Waals surface area contributed by atoms with Crippen LogP contribution in [0.15, 0.2) is 30.3 Å². The lowest BCUT2D eigenvalue weighted by Gasteiger charge is -2.13. The SMILES string of the molecule is CCn1c(C)nnc1CN[C@H](C)c1nnnn1-c1ccccc1. The third-order valence-electron chi connectivity index (χ3n) is 3.78. The van der Waals surface area contributed by atoms with Crippen LogP contribution < -0.4 is 5.32 Å². The molecule has 0 fully saturated rings. The zero-order valence-corrected chi connectivity index (χ0v) is 13.5. The Labute approximate surface area is 134 Å². The Morgan fingerprint density at radius 2 is 1.91 bits per heavy atom. The highest BCUT2D eigenvalue weighted by Crippen LogP contribution is 2.14. The van der Waals surface area contributed by atoms with Gasteiger partial charge in [-0.25, -0.2) is 0 Å². The summed E-state index contributed by atoms with van der Waals surface area (Å²) in [5, 5.41) is 23.8. The molecule has 23 heavy (non-hydrogen) atoms. The van der Waals surface area contributed by atoms with Gasteiger partial charge in [-0.1, -0.05) is 18.2 Å². The van der Waals surface area contributed by atoms with Crippen molar-refractivity contribution in [2.24, 2.45) is 0 Å². The summed E-state index contributed by atoms with van der Waals surface area (Å²) in [7, 11) is 0. The highest BCUT2D eigenvalue weighted by atomic mass is 15.5. The molecule has 0 unspecified atom stereocenters. The van der Waals surface area contributed by atoms with Crippen molar-refractivity contribution >= 4 is 0 Å². The predicted octanol–water partition coefficient (Wildman–Crippen LogP) is 1.43. The minimum absolute atomic E-state index is 0.0208. The van der Waals surface area contributed by atoms with E-state index in [0.717, 1.165) is 29.7 Å². The summed E-state index contributed by atoms with van der Waals surface area (Å²) in [5.74, 6) is 2.59. The first kappa shape index (κ1) is 15.3. The summed E-state index contributed by atoms with van der Waals surface area (Å²) in [6, 6.07) is 9.83. The minimum Gasteiger partial charge on any atom is -0.314 e. The van der Waals surface area contributed by atoms with Crippen LogP contribution in [0.5, 0.6) is 0 Å². The number of nitrogens with one attached hydrogen (secondary N) is 1. The number of rotatable bonds is 6. The van der Waals surface area contributed by atoms with Crippen molar-refractivity contribution in [2.75, 3.05) is 0 Å². The van der Waals surface area contributed by atoms with Gasteiger partial charge in [-0.15, -0.1) is 15.3 Å². The Kier molecular flexibility index (Phi) is 4.42. The molecular formula is C15H20N8. The first-order valence-electron chi connectivity index (χ1n) is 7.66. The molecule has 0 saturated carbocycles. The Morgan fingerprint density at radius 3 is 2.65 bits per heavy atom. The van der Waals surface area contributed by atoms with Crippen molar-refractivity contribution in [3.63, 3.8) is 0 Å². The van der Waals surface area contributed by atoms with Gasteiger partial charge in [0.15, 0.2) is 5.82 Å². The lowest BCUT2D eigenvalue weighted by Crippen LogP contribution is -2.23. The smallest absolute Gasteiger partial charge is 0.173 e. The molecule has 0 aliphatic heterocycles. The largest absolute Gasteiger partial charge is 0.314 e. The third kappa shape index (κ3) is 3.11. The zero-order chi connectivity index (χ0) is 16.2. The number of nitrogens with zero attached hydrogens (tertiary/aromatic N) is 7. The van der Waals surface area contributed by atoms with Crippen LogP contribution in [0.1, 0.15) is 37.4 Å². The fourth-order valence-electron chi connectivity index (χ4n) is 2.52. The van der Waals surface area contributed by atoms with Crippen LogP contribution in [0.2, 0.25) is 0 Å². The molecule has 8 nitrogen and oxygen atoms in total. The molecule has 2 aromatic heterocycles. The fourth-order valence-corrected chi connectivity index (χ4v) is 2.52. The molecule has 8 heteroatoms. The Morgan fingerprint density at radius 1 is 1.13 bits per heavy atom. The quantitative estimate of drug-likeness (QED) is 0.741. The molecule has 1 N–H and O–H groups in total. The van der Waals surface area contributed by atoms with E-state index in [9.17, 15) is 0 Å². The number of aromatic nitrogens is 7. The summed E-state index contributed by atoms with van der Waals surface area (Å²) < 4.78 is 3.83. The molecular weight excluding hydrogens is 292 g/mol. The van der Waals surface area contributed by atoms with Gasteiger partial charge in [0.05, 0.1) is 18.3 Å². The van der Waals surface area contributed by atoms with Crippen molar-refractivity contribution in [3.05, 3.63) is 47.8 Å². The predicted molar refractivity (Wildman–Crippen MR) is 84.8 cm³/mol. The molecule has 0 aliphatic carbocycles. The van der Waals surface area contributed by atoms with Gasteiger partial charge in [0.25, 0.3) is 0 Å². The van der Waals surface area contributed by atoms with E-state index in [1.165, 1.54) is 0 Å². The van der Waals surface area contributed by atoms with Crippen LogP contribution in [-0.2, 0) is 13.1 Å². The van der Waals surface area contributed by atoms with Gasteiger partial charge in [0, 0.05) is 6.54 Å². The highest BCUT2D eigenvalue weighted by molar-refractivity contribution is 5.30. The first-order chi connectivity index (χ1) is 11.2. The molecule has 0 amide bonds. The highest BCUT2D eigenvalue weighted by Gasteiger charge is 2.16. The molecule has 1 aromatic carbocycles. The Balaban J connectivity index is 1.74. The van der Waals surface area contributed by atoms with E-state index in [-0.39, 0.29) is 6.04 Å². The van der Waals surface area contributed by atoms with E-state index in [4.69, 9.17) is 0 Å². The molecule has 120 valence electrons. The molecule has 3 aromatic rings. The number of aryl methyl sites for hydroxylation is 1. The maximum atomic E-state index is 4.21. The van der Waals surface area contributed by atoms with Crippen molar-refractivity contribution in [1.29, 1.82) is 0 Å². The summed E-state index contributed by atoms with van der Waals surface area (Å²) in [5.41, 5.74) is 0.939. The lowest BCUT2D eigenvalue weighted by atomic mass is 10.3. The van der Waals surface area contributed by atoms with E-state index in [0.29, 0.717) is 6.54 Å². The second-order valence-corrected chi connectivity index (χ2v) is 5.29. The monoisotopic (exact) mass is 312 g/mol. The number of tetrazole rings is 1. The maximum Gasteiger partial charge on any atom is 0.173 e. The first-order valence-corrected chi connectivity index (χ1v) is 7.66. The van der Waals surface area contributed by atoms with Gasteiger partial charge in [0.2, 0.25) is 0 Å². The van der Waals surface area contributed by atoms with Crippen LogP contribution in [0.25, 0.3) is 5.69 Å². The summed E-state index contributed by atoms with van der Waals surface area (Å²) >= 11 is 0. The lowest BCUT2D eigenvalue weighted by molar-refractivity contribution is 0.507. The Bertz CT molecular complexity index is 761. The van der Waals surface area contributed by atoms with Gasteiger partial charge in [-0.05, 0) is 43.3 Å². The van der Waals surface area contributed by atoms with Crippen LogP contribution >= 0.6 is 0 Å². The van der Waals surface area contributed by atoms with Crippen molar-refractivity contribution < 1.29 is 0 Å². The van der Waals surface area contributed by atoms with Crippen LogP contribution in [0.4, 0.5) is 0 Å². The van der Waals surface area contributed by atoms with Gasteiger partial charge in [0.1, 0.15) is 11.6 Å². The topological polar surface area (TPSA) is 86.3 Å². The zero-order valence-electron chi connectivity index (χ0n) is 13.5.